The van der Waals surface area contributed by atoms with Crippen molar-refractivity contribution in [3.63, 3.8) is 0 Å². The fourth-order valence-electron chi connectivity index (χ4n) is 2.14. The molecule has 0 unspecified atom stereocenters. The predicted octanol–water partition coefficient (Wildman–Crippen LogP) is -3.48. The summed E-state index contributed by atoms with van der Waals surface area (Å²) in [6.45, 7) is 0.690. The summed E-state index contributed by atoms with van der Waals surface area (Å²) in [5.74, 6) is -1.33. The largest absolute Gasteiger partial charge is 0.368 e. The third-order valence-corrected chi connectivity index (χ3v) is 3.28. The van der Waals surface area contributed by atoms with Crippen molar-refractivity contribution in [2.75, 3.05) is 13.1 Å². The third-order valence-electron chi connectivity index (χ3n) is 3.28. The molecule has 130 valence electrons. The molecule has 3 atom stereocenters. The molecule has 1 aliphatic rings. The monoisotopic (exact) mass is 330 g/mol. The summed E-state index contributed by atoms with van der Waals surface area (Å²) in [6.07, 6.45) is 1.10. The van der Waals surface area contributed by atoms with Crippen molar-refractivity contribution < 1.29 is 14.6 Å². The number of hydrogen-bond donors (Lipinski definition) is 6. The lowest BCUT2D eigenvalue weighted by Gasteiger charge is -2.18. The highest BCUT2D eigenvalue weighted by molar-refractivity contribution is 5.89. The molecule has 1 aliphatic heterocycles. The smallest absolute Gasteiger partial charge is 0.251 e. The summed E-state index contributed by atoms with van der Waals surface area (Å²) in [4.78, 5) is 37.2. The number of carbonyl (C=O) groups is 2. The van der Waals surface area contributed by atoms with Crippen LogP contribution in [0.4, 0.5) is 0 Å². The minimum Gasteiger partial charge on any atom is -0.368 e. The average molecular weight is 330 g/mol. The van der Waals surface area contributed by atoms with E-state index in [0.29, 0.717) is 19.4 Å². The summed E-state index contributed by atoms with van der Waals surface area (Å²) < 4.78 is 0. The Morgan fingerprint density at radius 3 is 2.65 bits per heavy atom. The number of nitro groups is 1. The second-order valence-electron chi connectivity index (χ2n) is 5.20. The van der Waals surface area contributed by atoms with Gasteiger partial charge in [0.25, 0.3) is 5.96 Å². The van der Waals surface area contributed by atoms with E-state index in [1.807, 2.05) is 0 Å². The van der Waals surface area contributed by atoms with Gasteiger partial charge in [0, 0.05) is 19.1 Å². The Labute approximate surface area is 132 Å². The Kier molecular flexibility index (Phi) is 7.15. The highest BCUT2D eigenvalue weighted by Crippen LogP contribution is 2.06. The molecule has 0 spiro atoms. The highest BCUT2D eigenvalue weighted by atomic mass is 16.7. The van der Waals surface area contributed by atoms with Crippen LogP contribution in [0.2, 0.25) is 0 Å². The van der Waals surface area contributed by atoms with Crippen molar-refractivity contribution in [2.24, 2.45) is 22.2 Å². The summed E-state index contributed by atoms with van der Waals surface area (Å²) in [7, 11) is 0. The minimum absolute atomic E-state index is 0.0933. The molecular weight excluding hydrogens is 308 g/mol. The van der Waals surface area contributed by atoms with Gasteiger partial charge in [0.2, 0.25) is 11.8 Å². The highest BCUT2D eigenvalue weighted by Gasteiger charge is 2.29. The Balaban J connectivity index is 2.39. The number of nitrogens with one attached hydrogen (secondary N) is 3. The molecule has 23 heavy (non-hydrogen) atoms. The maximum Gasteiger partial charge on any atom is 0.251 e. The van der Waals surface area contributed by atoms with Crippen LogP contribution in [-0.4, -0.2) is 54.0 Å². The number of hydrazine groups is 1. The van der Waals surface area contributed by atoms with Crippen LogP contribution in [0.15, 0.2) is 4.99 Å². The number of nitrogens with two attached hydrogens (primary N) is 3. The number of amides is 2. The van der Waals surface area contributed by atoms with Gasteiger partial charge < -0.3 is 27.8 Å². The zero-order valence-corrected chi connectivity index (χ0v) is 12.5. The maximum atomic E-state index is 12.0. The summed E-state index contributed by atoms with van der Waals surface area (Å²) in [5.41, 5.74) is 17.9. The lowest BCUT2D eigenvalue weighted by atomic mass is 10.1. The Hall–Kier alpha value is -2.47. The molecule has 2 amide bonds. The Bertz CT molecular complexity index is 483. The first-order valence-corrected chi connectivity index (χ1v) is 7.09. The average Bonchev–Trinajstić information content (AvgIpc) is 2.87. The van der Waals surface area contributed by atoms with Crippen LogP contribution < -0.4 is 33.3 Å². The van der Waals surface area contributed by atoms with Gasteiger partial charge in [-0.3, -0.25) is 9.59 Å². The standard InChI is InChI=1S/C11H22N8O4/c12-6-4-8(16-5-6)10(21)17-7(9(13)20)2-1-3-15-11(14)18-19(22)23/h6-8,16H,1-5,12H2,(H2,13,20)(H,17,21)(H3,14,15,18)/t6-,7-,8+/m0/s1. The molecule has 0 saturated carbocycles. The zero-order valence-electron chi connectivity index (χ0n) is 12.5. The van der Waals surface area contributed by atoms with Crippen molar-refractivity contribution in [3.05, 3.63) is 10.1 Å². The van der Waals surface area contributed by atoms with Crippen LogP contribution in [0.25, 0.3) is 0 Å². The van der Waals surface area contributed by atoms with Crippen molar-refractivity contribution >= 4 is 17.8 Å². The second kappa shape index (κ2) is 8.85. The van der Waals surface area contributed by atoms with E-state index in [1.165, 1.54) is 0 Å². The number of aliphatic imine (C=N–C) groups is 1. The molecule has 0 aromatic rings. The molecule has 0 aliphatic carbocycles. The molecule has 1 rings (SSSR count). The SMILES string of the molecule is NC(=O)[C@H](CCCN=C(N)N[N+](=O)[O-])NC(=O)[C@H]1C[C@H](N)CN1. The van der Waals surface area contributed by atoms with Gasteiger partial charge >= 0.3 is 0 Å². The van der Waals surface area contributed by atoms with E-state index in [0.717, 1.165) is 0 Å². The lowest BCUT2D eigenvalue weighted by Crippen LogP contribution is -2.50. The van der Waals surface area contributed by atoms with Gasteiger partial charge in [-0.25, -0.2) is 15.1 Å². The third kappa shape index (κ3) is 6.88. The van der Waals surface area contributed by atoms with Crippen LogP contribution in [0.3, 0.4) is 0 Å². The van der Waals surface area contributed by atoms with E-state index in [-0.39, 0.29) is 30.9 Å². The van der Waals surface area contributed by atoms with Crippen molar-refractivity contribution in [2.45, 2.75) is 37.4 Å². The van der Waals surface area contributed by atoms with Crippen LogP contribution in [0.5, 0.6) is 0 Å². The Morgan fingerprint density at radius 2 is 2.13 bits per heavy atom. The summed E-state index contributed by atoms with van der Waals surface area (Å²) in [6, 6.07) is -1.38. The summed E-state index contributed by atoms with van der Waals surface area (Å²) >= 11 is 0. The maximum absolute atomic E-state index is 12.0. The van der Waals surface area contributed by atoms with E-state index < -0.39 is 23.0 Å². The van der Waals surface area contributed by atoms with Crippen molar-refractivity contribution in [1.82, 2.24) is 16.1 Å². The van der Waals surface area contributed by atoms with E-state index in [2.05, 4.69) is 15.6 Å². The van der Waals surface area contributed by atoms with Gasteiger partial charge in [-0.05, 0) is 19.3 Å². The molecular formula is C11H22N8O4. The molecule has 12 nitrogen and oxygen atoms in total. The molecule has 0 aromatic heterocycles. The van der Waals surface area contributed by atoms with Crippen LogP contribution in [0, 0.1) is 10.1 Å². The number of nitrogens with zero attached hydrogens (tertiary/aromatic N) is 2. The lowest BCUT2D eigenvalue weighted by molar-refractivity contribution is -0.525. The summed E-state index contributed by atoms with van der Waals surface area (Å²) in [5, 5.41) is 14.8. The molecule has 0 radical (unpaired) electrons. The first-order chi connectivity index (χ1) is 10.8. The predicted molar refractivity (Wildman–Crippen MR) is 81.4 cm³/mol. The molecule has 9 N–H and O–H groups in total. The first-order valence-electron chi connectivity index (χ1n) is 7.09. The quantitative estimate of drug-likeness (QED) is 0.0864. The number of carbonyl (C=O) groups excluding carboxylic acids is 2. The Morgan fingerprint density at radius 1 is 1.43 bits per heavy atom. The molecule has 1 heterocycles. The van der Waals surface area contributed by atoms with E-state index in [1.54, 1.807) is 5.43 Å². The van der Waals surface area contributed by atoms with E-state index in [9.17, 15) is 19.7 Å². The van der Waals surface area contributed by atoms with Crippen LogP contribution in [0.1, 0.15) is 19.3 Å². The number of primary amides is 1. The van der Waals surface area contributed by atoms with Crippen LogP contribution >= 0.6 is 0 Å². The van der Waals surface area contributed by atoms with Crippen LogP contribution in [-0.2, 0) is 9.59 Å². The van der Waals surface area contributed by atoms with Gasteiger partial charge in [-0.1, -0.05) is 5.43 Å². The molecule has 1 fully saturated rings. The van der Waals surface area contributed by atoms with Crippen molar-refractivity contribution in [1.29, 1.82) is 0 Å². The minimum atomic E-state index is -0.846. The molecule has 0 aromatic carbocycles. The number of guanidine groups is 1. The zero-order chi connectivity index (χ0) is 17.4. The van der Waals surface area contributed by atoms with Gasteiger partial charge in [0.1, 0.15) is 6.04 Å². The van der Waals surface area contributed by atoms with Crippen molar-refractivity contribution in [3.8, 4) is 0 Å². The number of hydrogen-bond acceptors (Lipinski definition) is 7. The van der Waals surface area contributed by atoms with Gasteiger partial charge in [-0.15, -0.1) is 0 Å². The second-order valence-corrected chi connectivity index (χ2v) is 5.20. The fourth-order valence-corrected chi connectivity index (χ4v) is 2.14. The number of rotatable bonds is 8. The van der Waals surface area contributed by atoms with E-state index in [4.69, 9.17) is 17.2 Å². The van der Waals surface area contributed by atoms with E-state index >= 15 is 0 Å². The topological polar surface area (TPSA) is 204 Å². The first kappa shape index (κ1) is 18.6. The molecule has 0 bridgehead atoms. The molecule has 1 saturated heterocycles. The van der Waals surface area contributed by atoms with Gasteiger partial charge in [-0.2, -0.15) is 0 Å². The normalized spacial score (nSPS) is 22.4. The van der Waals surface area contributed by atoms with Gasteiger partial charge in [0.15, 0.2) is 5.03 Å². The molecule has 12 heteroatoms. The fraction of sp³-hybridized carbons (Fsp3) is 0.727. The van der Waals surface area contributed by atoms with Gasteiger partial charge in [0.05, 0.1) is 6.04 Å².